The molecular formula is C13H19NO2. The van der Waals surface area contributed by atoms with Crippen LogP contribution in [0.3, 0.4) is 0 Å². The fourth-order valence-electron chi connectivity index (χ4n) is 1.24. The third kappa shape index (κ3) is 4.82. The molecule has 0 bridgehead atoms. The molecule has 0 atom stereocenters. The van der Waals surface area contributed by atoms with Gasteiger partial charge in [-0.2, -0.15) is 0 Å². The average molecular weight is 221 g/mol. The second-order valence-electron chi connectivity index (χ2n) is 3.81. The number of hydrogen-bond donors (Lipinski definition) is 1. The maximum absolute atomic E-state index is 11.3. The summed E-state index contributed by atoms with van der Waals surface area (Å²) >= 11 is 0. The average Bonchev–Trinajstić information content (AvgIpc) is 2.29. The first-order valence-electron chi connectivity index (χ1n) is 5.68. The van der Waals surface area contributed by atoms with Gasteiger partial charge in [-0.05, 0) is 25.5 Å². The molecule has 1 amide bonds. The summed E-state index contributed by atoms with van der Waals surface area (Å²) in [5.74, 6) is 0.672. The van der Waals surface area contributed by atoms with Crippen molar-refractivity contribution in [1.82, 2.24) is 5.32 Å². The number of hydrogen-bond acceptors (Lipinski definition) is 2. The lowest BCUT2D eigenvalue weighted by molar-refractivity contribution is -0.123. The predicted molar refractivity (Wildman–Crippen MR) is 64.6 cm³/mol. The van der Waals surface area contributed by atoms with Crippen LogP contribution in [0.15, 0.2) is 24.3 Å². The van der Waals surface area contributed by atoms with E-state index < -0.39 is 0 Å². The number of carbonyl (C=O) groups is 1. The molecule has 0 fully saturated rings. The normalized spacial score (nSPS) is 9.88. The molecule has 0 spiro atoms. The lowest BCUT2D eigenvalue weighted by Crippen LogP contribution is -2.29. The Balaban J connectivity index is 2.23. The highest BCUT2D eigenvalue weighted by molar-refractivity contribution is 5.77. The van der Waals surface area contributed by atoms with E-state index in [0.717, 1.165) is 25.1 Å². The maximum Gasteiger partial charge on any atom is 0.257 e. The third-order valence-electron chi connectivity index (χ3n) is 2.24. The molecule has 3 nitrogen and oxygen atoms in total. The van der Waals surface area contributed by atoms with Gasteiger partial charge in [-0.15, -0.1) is 0 Å². The van der Waals surface area contributed by atoms with Gasteiger partial charge in [-0.1, -0.05) is 31.0 Å². The van der Waals surface area contributed by atoms with Crippen LogP contribution in [0.1, 0.15) is 25.3 Å². The van der Waals surface area contributed by atoms with Crippen molar-refractivity contribution in [3.63, 3.8) is 0 Å². The van der Waals surface area contributed by atoms with Crippen LogP contribution in [-0.2, 0) is 4.79 Å². The van der Waals surface area contributed by atoms with Gasteiger partial charge in [0.05, 0.1) is 0 Å². The van der Waals surface area contributed by atoms with Gasteiger partial charge >= 0.3 is 0 Å². The van der Waals surface area contributed by atoms with Crippen molar-refractivity contribution >= 4 is 5.91 Å². The van der Waals surface area contributed by atoms with Crippen molar-refractivity contribution in [2.75, 3.05) is 13.2 Å². The van der Waals surface area contributed by atoms with E-state index in [-0.39, 0.29) is 12.5 Å². The van der Waals surface area contributed by atoms with Gasteiger partial charge in [0, 0.05) is 6.54 Å². The first-order chi connectivity index (χ1) is 7.72. The van der Waals surface area contributed by atoms with Crippen molar-refractivity contribution in [3.05, 3.63) is 29.8 Å². The zero-order valence-corrected chi connectivity index (χ0v) is 9.95. The summed E-state index contributed by atoms with van der Waals surface area (Å²) in [5.41, 5.74) is 1.18. The number of nitrogens with one attached hydrogen (secondary N) is 1. The Kier molecular flexibility index (Phi) is 5.40. The molecule has 1 N–H and O–H groups in total. The second-order valence-corrected chi connectivity index (χ2v) is 3.81. The summed E-state index contributed by atoms with van der Waals surface area (Å²) < 4.78 is 5.34. The summed E-state index contributed by atoms with van der Waals surface area (Å²) in [4.78, 5) is 11.3. The topological polar surface area (TPSA) is 38.3 Å². The van der Waals surface area contributed by atoms with Crippen LogP contribution in [0, 0.1) is 6.92 Å². The van der Waals surface area contributed by atoms with E-state index in [1.165, 1.54) is 5.56 Å². The Labute approximate surface area is 96.8 Å². The molecule has 0 saturated carbocycles. The minimum absolute atomic E-state index is 0.0611. The minimum Gasteiger partial charge on any atom is -0.484 e. The minimum atomic E-state index is -0.0611. The van der Waals surface area contributed by atoms with Gasteiger partial charge in [-0.3, -0.25) is 4.79 Å². The molecule has 0 radical (unpaired) electrons. The number of amides is 1. The highest BCUT2D eigenvalue weighted by Gasteiger charge is 2.01. The van der Waals surface area contributed by atoms with Crippen molar-refractivity contribution in [1.29, 1.82) is 0 Å². The summed E-state index contributed by atoms with van der Waals surface area (Å²) in [6, 6.07) is 7.66. The molecule has 0 unspecified atom stereocenters. The van der Waals surface area contributed by atoms with Gasteiger partial charge in [0.25, 0.3) is 5.91 Å². The smallest absolute Gasteiger partial charge is 0.257 e. The molecule has 0 heterocycles. The zero-order chi connectivity index (χ0) is 11.8. The van der Waals surface area contributed by atoms with E-state index in [1.807, 2.05) is 31.2 Å². The summed E-state index contributed by atoms with van der Waals surface area (Å²) in [6.45, 7) is 4.93. The largest absolute Gasteiger partial charge is 0.484 e. The monoisotopic (exact) mass is 221 g/mol. The molecule has 1 rings (SSSR count). The van der Waals surface area contributed by atoms with Crippen LogP contribution in [0.4, 0.5) is 0 Å². The Bertz CT molecular complexity index is 319. The Morgan fingerprint density at radius 2 is 2.00 bits per heavy atom. The van der Waals surface area contributed by atoms with Crippen molar-refractivity contribution in [2.24, 2.45) is 0 Å². The highest BCUT2D eigenvalue weighted by Crippen LogP contribution is 2.10. The first-order valence-corrected chi connectivity index (χ1v) is 5.68. The molecule has 1 aromatic rings. The molecule has 0 aliphatic rings. The number of rotatable bonds is 6. The lowest BCUT2D eigenvalue weighted by atomic mass is 10.2. The number of ether oxygens (including phenoxy) is 1. The van der Waals surface area contributed by atoms with Crippen LogP contribution in [0.25, 0.3) is 0 Å². The van der Waals surface area contributed by atoms with E-state index in [9.17, 15) is 4.79 Å². The van der Waals surface area contributed by atoms with Crippen molar-refractivity contribution < 1.29 is 9.53 Å². The number of unbranched alkanes of at least 4 members (excludes halogenated alkanes) is 1. The Morgan fingerprint density at radius 1 is 1.31 bits per heavy atom. The molecular weight excluding hydrogens is 202 g/mol. The van der Waals surface area contributed by atoms with Crippen LogP contribution < -0.4 is 10.1 Å². The molecule has 0 aromatic heterocycles. The summed E-state index contributed by atoms with van der Waals surface area (Å²) in [7, 11) is 0. The lowest BCUT2D eigenvalue weighted by Gasteiger charge is -2.07. The summed E-state index contributed by atoms with van der Waals surface area (Å²) in [5, 5.41) is 2.80. The molecule has 0 saturated heterocycles. The second kappa shape index (κ2) is 6.88. The fraction of sp³-hybridized carbons (Fsp3) is 0.462. The van der Waals surface area contributed by atoms with Crippen LogP contribution in [0.5, 0.6) is 5.75 Å². The Morgan fingerprint density at radius 3 is 2.62 bits per heavy atom. The van der Waals surface area contributed by atoms with Crippen molar-refractivity contribution in [2.45, 2.75) is 26.7 Å². The molecule has 1 aromatic carbocycles. The SMILES string of the molecule is CCCCNC(=O)COc1ccc(C)cc1. The van der Waals surface area contributed by atoms with Gasteiger partial charge in [0.15, 0.2) is 6.61 Å². The quantitative estimate of drug-likeness (QED) is 0.748. The van der Waals surface area contributed by atoms with Gasteiger partial charge in [0.1, 0.15) is 5.75 Å². The predicted octanol–water partition coefficient (Wildman–Crippen LogP) is 2.29. The number of benzene rings is 1. The molecule has 88 valence electrons. The van der Waals surface area contributed by atoms with Crippen LogP contribution in [0.2, 0.25) is 0 Å². The molecule has 3 heteroatoms. The fourth-order valence-corrected chi connectivity index (χ4v) is 1.24. The van der Waals surface area contributed by atoms with Crippen LogP contribution in [-0.4, -0.2) is 19.1 Å². The third-order valence-corrected chi connectivity index (χ3v) is 2.24. The van der Waals surface area contributed by atoms with Crippen LogP contribution >= 0.6 is 0 Å². The standard InChI is InChI=1S/C13H19NO2/c1-3-4-9-14-13(15)10-16-12-7-5-11(2)6-8-12/h5-8H,3-4,9-10H2,1-2H3,(H,14,15). The van der Waals surface area contributed by atoms with Gasteiger partial charge < -0.3 is 10.1 Å². The Hall–Kier alpha value is -1.51. The van der Waals surface area contributed by atoms with E-state index in [4.69, 9.17) is 4.74 Å². The first kappa shape index (κ1) is 12.6. The summed E-state index contributed by atoms with van der Waals surface area (Å²) in [6.07, 6.45) is 2.09. The van der Waals surface area contributed by atoms with E-state index in [1.54, 1.807) is 0 Å². The number of aryl methyl sites for hydroxylation is 1. The highest BCUT2D eigenvalue weighted by atomic mass is 16.5. The number of carbonyl (C=O) groups excluding carboxylic acids is 1. The van der Waals surface area contributed by atoms with E-state index in [2.05, 4.69) is 12.2 Å². The van der Waals surface area contributed by atoms with E-state index in [0.29, 0.717) is 0 Å². The zero-order valence-electron chi connectivity index (χ0n) is 9.95. The molecule has 0 aliphatic heterocycles. The van der Waals surface area contributed by atoms with Gasteiger partial charge in [0.2, 0.25) is 0 Å². The van der Waals surface area contributed by atoms with Gasteiger partial charge in [-0.25, -0.2) is 0 Å². The van der Waals surface area contributed by atoms with E-state index >= 15 is 0 Å². The van der Waals surface area contributed by atoms with Crippen molar-refractivity contribution in [3.8, 4) is 5.75 Å². The maximum atomic E-state index is 11.3. The molecule has 0 aliphatic carbocycles. The molecule has 16 heavy (non-hydrogen) atoms.